The van der Waals surface area contributed by atoms with Gasteiger partial charge in [0, 0.05) is 18.0 Å². The Morgan fingerprint density at radius 1 is 1.50 bits per heavy atom. The molecular weight excluding hydrogens is 132 g/mol. The molecule has 0 spiro atoms. The standard InChI is InChI=1S/C6H10N2O2/c1-7-2-4-5(3-7)6(4)8(9)10/h4-6H,2-3H2,1H3. The molecule has 4 heteroatoms. The first-order valence-electron chi connectivity index (χ1n) is 3.52. The van der Waals surface area contributed by atoms with Gasteiger partial charge in [-0.25, -0.2) is 0 Å². The van der Waals surface area contributed by atoms with Crippen LogP contribution in [0.2, 0.25) is 0 Å². The highest BCUT2D eigenvalue weighted by Gasteiger charge is 2.63. The molecule has 1 aliphatic carbocycles. The fourth-order valence-electron chi connectivity index (χ4n) is 2.02. The fraction of sp³-hybridized carbons (Fsp3) is 1.00. The lowest BCUT2D eigenvalue weighted by Gasteiger charge is -2.08. The molecule has 0 aromatic rings. The van der Waals surface area contributed by atoms with Crippen LogP contribution in [0, 0.1) is 22.0 Å². The summed E-state index contributed by atoms with van der Waals surface area (Å²) >= 11 is 0. The largest absolute Gasteiger partial charge is 0.305 e. The van der Waals surface area contributed by atoms with Gasteiger partial charge in [-0.3, -0.25) is 10.1 Å². The van der Waals surface area contributed by atoms with E-state index in [0.717, 1.165) is 13.1 Å². The molecule has 1 heterocycles. The van der Waals surface area contributed by atoms with Crippen molar-refractivity contribution in [3.8, 4) is 0 Å². The summed E-state index contributed by atoms with van der Waals surface area (Å²) in [4.78, 5) is 12.3. The van der Waals surface area contributed by atoms with Gasteiger partial charge in [0.05, 0.1) is 11.8 Å². The zero-order chi connectivity index (χ0) is 7.30. The van der Waals surface area contributed by atoms with Crippen molar-refractivity contribution in [3.63, 3.8) is 0 Å². The maximum absolute atomic E-state index is 10.3. The quantitative estimate of drug-likeness (QED) is 0.377. The minimum atomic E-state index is -0.198. The molecule has 0 radical (unpaired) electrons. The second-order valence-electron chi connectivity index (χ2n) is 3.32. The highest BCUT2D eigenvalue weighted by Crippen LogP contribution is 2.46. The van der Waals surface area contributed by atoms with E-state index in [0.29, 0.717) is 11.8 Å². The molecule has 0 bridgehead atoms. The van der Waals surface area contributed by atoms with E-state index in [1.54, 1.807) is 0 Å². The Balaban J connectivity index is 1.98. The van der Waals surface area contributed by atoms with E-state index in [1.807, 2.05) is 7.05 Å². The van der Waals surface area contributed by atoms with Crippen LogP contribution in [0.4, 0.5) is 0 Å². The first kappa shape index (κ1) is 6.09. The van der Waals surface area contributed by atoms with E-state index in [9.17, 15) is 10.1 Å². The minimum Gasteiger partial charge on any atom is -0.305 e. The van der Waals surface area contributed by atoms with E-state index >= 15 is 0 Å². The Labute approximate surface area is 59.0 Å². The highest BCUT2D eigenvalue weighted by atomic mass is 16.6. The number of piperidine rings is 1. The van der Waals surface area contributed by atoms with E-state index in [2.05, 4.69) is 4.90 Å². The van der Waals surface area contributed by atoms with Crippen molar-refractivity contribution >= 4 is 0 Å². The molecule has 10 heavy (non-hydrogen) atoms. The molecule has 0 aromatic heterocycles. The first-order valence-corrected chi connectivity index (χ1v) is 3.52. The van der Waals surface area contributed by atoms with Crippen LogP contribution in [-0.2, 0) is 0 Å². The molecule has 0 amide bonds. The first-order chi connectivity index (χ1) is 4.70. The molecule has 2 fully saturated rings. The lowest BCUT2D eigenvalue weighted by Crippen LogP contribution is -2.23. The molecule has 0 N–H and O–H groups in total. The van der Waals surface area contributed by atoms with Crippen LogP contribution in [0.15, 0.2) is 0 Å². The van der Waals surface area contributed by atoms with Crippen LogP contribution in [0.5, 0.6) is 0 Å². The van der Waals surface area contributed by atoms with Gasteiger partial charge in [-0.1, -0.05) is 0 Å². The Morgan fingerprint density at radius 2 is 2.00 bits per heavy atom. The number of fused-ring (bicyclic) bond motifs is 1. The predicted molar refractivity (Wildman–Crippen MR) is 35.3 cm³/mol. The van der Waals surface area contributed by atoms with Crippen molar-refractivity contribution < 1.29 is 4.92 Å². The minimum absolute atomic E-state index is 0.123. The summed E-state index contributed by atoms with van der Waals surface area (Å²) in [6, 6.07) is -0.198. The van der Waals surface area contributed by atoms with Crippen LogP contribution < -0.4 is 0 Å². The van der Waals surface area contributed by atoms with Crippen LogP contribution in [0.25, 0.3) is 0 Å². The third-order valence-corrected chi connectivity index (χ3v) is 2.57. The van der Waals surface area contributed by atoms with Crippen molar-refractivity contribution in [1.29, 1.82) is 0 Å². The number of nitro groups is 1. The second kappa shape index (κ2) is 1.69. The summed E-state index contributed by atoms with van der Waals surface area (Å²) in [5.74, 6) is 0.750. The Kier molecular flexibility index (Phi) is 1.03. The van der Waals surface area contributed by atoms with Crippen molar-refractivity contribution in [1.82, 2.24) is 4.90 Å². The molecule has 1 saturated heterocycles. The van der Waals surface area contributed by atoms with E-state index < -0.39 is 0 Å². The van der Waals surface area contributed by atoms with Crippen LogP contribution in [-0.4, -0.2) is 36.0 Å². The zero-order valence-corrected chi connectivity index (χ0v) is 5.86. The zero-order valence-electron chi connectivity index (χ0n) is 5.86. The summed E-state index contributed by atoms with van der Waals surface area (Å²) < 4.78 is 0. The summed E-state index contributed by atoms with van der Waals surface area (Å²) in [6.45, 7) is 1.85. The van der Waals surface area contributed by atoms with Crippen molar-refractivity contribution in [3.05, 3.63) is 10.1 Å². The Morgan fingerprint density at radius 3 is 2.40 bits per heavy atom. The third-order valence-electron chi connectivity index (χ3n) is 2.57. The van der Waals surface area contributed by atoms with Gasteiger partial charge >= 0.3 is 0 Å². The van der Waals surface area contributed by atoms with Gasteiger partial charge in [0.25, 0.3) is 0 Å². The molecule has 56 valence electrons. The van der Waals surface area contributed by atoms with Crippen LogP contribution in [0.1, 0.15) is 0 Å². The summed E-state index contributed by atoms with van der Waals surface area (Å²) in [5, 5.41) is 10.3. The molecule has 1 saturated carbocycles. The molecule has 0 aromatic carbocycles. The molecule has 1 aliphatic heterocycles. The summed E-state index contributed by atoms with van der Waals surface area (Å²) in [6.07, 6.45) is 0. The van der Waals surface area contributed by atoms with Gasteiger partial charge in [0.1, 0.15) is 0 Å². The fourth-order valence-corrected chi connectivity index (χ4v) is 2.02. The van der Waals surface area contributed by atoms with E-state index in [-0.39, 0.29) is 11.0 Å². The van der Waals surface area contributed by atoms with Gasteiger partial charge in [0.15, 0.2) is 0 Å². The van der Waals surface area contributed by atoms with Gasteiger partial charge in [0.2, 0.25) is 6.04 Å². The Bertz CT molecular complexity index is 171. The van der Waals surface area contributed by atoms with Gasteiger partial charge in [-0.2, -0.15) is 0 Å². The monoisotopic (exact) mass is 142 g/mol. The smallest absolute Gasteiger partial charge is 0.222 e. The topological polar surface area (TPSA) is 46.4 Å². The average Bonchev–Trinajstić information content (AvgIpc) is 2.32. The lowest BCUT2D eigenvalue weighted by atomic mass is 10.4. The number of hydrogen-bond acceptors (Lipinski definition) is 3. The lowest BCUT2D eigenvalue weighted by molar-refractivity contribution is -0.502. The molecule has 2 rings (SSSR count). The number of likely N-dealkylation sites (tertiary alicyclic amines) is 1. The molecular formula is C6H10N2O2. The predicted octanol–water partition coefficient (Wildman–Crippen LogP) is -0.177. The van der Waals surface area contributed by atoms with Crippen molar-refractivity contribution in [2.75, 3.05) is 20.1 Å². The molecule has 2 atom stereocenters. The number of hydrogen-bond donors (Lipinski definition) is 0. The second-order valence-corrected chi connectivity index (χ2v) is 3.32. The number of nitrogens with zero attached hydrogens (tertiary/aromatic N) is 2. The summed E-state index contributed by atoms with van der Waals surface area (Å²) in [7, 11) is 2.02. The van der Waals surface area contributed by atoms with Gasteiger partial charge in [-0.05, 0) is 7.05 Å². The molecule has 2 unspecified atom stereocenters. The Hall–Kier alpha value is -0.640. The van der Waals surface area contributed by atoms with E-state index in [1.165, 1.54) is 0 Å². The van der Waals surface area contributed by atoms with Crippen LogP contribution in [0.3, 0.4) is 0 Å². The highest BCUT2D eigenvalue weighted by molar-refractivity contribution is 5.05. The van der Waals surface area contributed by atoms with Crippen LogP contribution >= 0.6 is 0 Å². The maximum Gasteiger partial charge on any atom is 0.222 e. The summed E-state index contributed by atoms with van der Waals surface area (Å²) in [5.41, 5.74) is 0. The van der Waals surface area contributed by atoms with Crippen molar-refractivity contribution in [2.45, 2.75) is 6.04 Å². The van der Waals surface area contributed by atoms with Crippen molar-refractivity contribution in [2.24, 2.45) is 11.8 Å². The van der Waals surface area contributed by atoms with Gasteiger partial charge in [-0.15, -0.1) is 0 Å². The maximum atomic E-state index is 10.3. The SMILES string of the molecule is CN1CC2C(C1)C2[N+](=O)[O-]. The third kappa shape index (κ3) is 0.653. The average molecular weight is 142 g/mol. The normalized spacial score (nSPS) is 45.1. The van der Waals surface area contributed by atoms with E-state index in [4.69, 9.17) is 0 Å². The molecule has 4 nitrogen and oxygen atoms in total. The molecule has 2 aliphatic rings. The van der Waals surface area contributed by atoms with Gasteiger partial charge < -0.3 is 4.90 Å². The number of rotatable bonds is 1.